The van der Waals surface area contributed by atoms with Crippen LogP contribution in [-0.2, 0) is 6.61 Å². The molecule has 1 heterocycles. The SMILES string of the molecule is Cc1cccc(N2NNN(C)C2=O)c1COc1cccc(-c2ccc(Cl)cc2)c1F. The van der Waals surface area contributed by atoms with Crippen LogP contribution in [0.1, 0.15) is 11.1 Å². The van der Waals surface area contributed by atoms with Gasteiger partial charge in [0.1, 0.15) is 6.61 Å². The second-order valence-corrected chi connectivity index (χ2v) is 7.32. The van der Waals surface area contributed by atoms with Gasteiger partial charge in [0.25, 0.3) is 0 Å². The van der Waals surface area contributed by atoms with Gasteiger partial charge in [-0.25, -0.2) is 19.2 Å². The maximum Gasteiger partial charge on any atom is 0.355 e. The molecule has 0 aromatic heterocycles. The highest BCUT2D eigenvalue weighted by molar-refractivity contribution is 6.30. The van der Waals surface area contributed by atoms with E-state index in [0.29, 0.717) is 21.8 Å². The average Bonchev–Trinajstić information content (AvgIpc) is 3.07. The molecule has 1 aliphatic heterocycles. The van der Waals surface area contributed by atoms with E-state index < -0.39 is 5.82 Å². The van der Waals surface area contributed by atoms with Crippen molar-refractivity contribution in [3.63, 3.8) is 0 Å². The van der Waals surface area contributed by atoms with Crippen molar-refractivity contribution in [2.75, 3.05) is 12.1 Å². The summed E-state index contributed by atoms with van der Waals surface area (Å²) in [4.78, 5) is 12.3. The molecule has 154 valence electrons. The fraction of sp³-hybridized carbons (Fsp3) is 0.136. The number of ether oxygens (including phenoxy) is 1. The Balaban J connectivity index is 1.61. The molecule has 30 heavy (non-hydrogen) atoms. The molecule has 2 N–H and O–H groups in total. The molecular formula is C22H20ClFN4O2. The lowest BCUT2D eigenvalue weighted by molar-refractivity contribution is 0.214. The maximum absolute atomic E-state index is 15.1. The molecule has 0 unspecified atom stereocenters. The Kier molecular flexibility index (Phi) is 5.59. The summed E-state index contributed by atoms with van der Waals surface area (Å²) in [6, 6.07) is 17.3. The number of carbonyl (C=O) groups excluding carboxylic acids is 1. The van der Waals surface area contributed by atoms with Gasteiger partial charge in [-0.1, -0.05) is 48.0 Å². The van der Waals surface area contributed by atoms with Crippen LogP contribution < -0.4 is 20.8 Å². The number of anilines is 1. The zero-order chi connectivity index (χ0) is 21.3. The number of urea groups is 1. The summed E-state index contributed by atoms with van der Waals surface area (Å²) >= 11 is 5.93. The molecular weight excluding hydrogens is 407 g/mol. The van der Waals surface area contributed by atoms with Crippen molar-refractivity contribution in [1.82, 2.24) is 16.1 Å². The van der Waals surface area contributed by atoms with Gasteiger partial charge in [-0.15, -0.1) is 11.1 Å². The van der Waals surface area contributed by atoms with Crippen molar-refractivity contribution >= 4 is 23.3 Å². The monoisotopic (exact) mass is 426 g/mol. The third-order valence-corrected chi connectivity index (χ3v) is 5.18. The standard InChI is InChI=1S/C22H20ClFN4O2/c1-14-5-3-7-19(28-22(29)27(2)25-26-28)18(14)13-30-20-8-4-6-17(21(20)24)15-9-11-16(23)12-10-15/h3-12,25-26H,13H2,1-2H3. The largest absolute Gasteiger partial charge is 0.486 e. The molecule has 0 saturated carbocycles. The highest BCUT2D eigenvalue weighted by Crippen LogP contribution is 2.32. The van der Waals surface area contributed by atoms with Gasteiger partial charge in [-0.05, 0) is 42.3 Å². The number of aryl methyl sites for hydroxylation is 1. The molecule has 0 aliphatic carbocycles. The summed E-state index contributed by atoms with van der Waals surface area (Å²) in [5.41, 5.74) is 8.99. The third kappa shape index (κ3) is 3.82. The van der Waals surface area contributed by atoms with E-state index in [-0.39, 0.29) is 18.4 Å². The zero-order valence-electron chi connectivity index (χ0n) is 16.4. The van der Waals surface area contributed by atoms with Gasteiger partial charge in [0.05, 0.1) is 5.69 Å². The molecule has 0 atom stereocenters. The summed E-state index contributed by atoms with van der Waals surface area (Å²) in [6.45, 7) is 2.01. The van der Waals surface area contributed by atoms with Gasteiger partial charge >= 0.3 is 6.03 Å². The zero-order valence-corrected chi connectivity index (χ0v) is 17.2. The van der Waals surface area contributed by atoms with E-state index in [9.17, 15) is 4.79 Å². The van der Waals surface area contributed by atoms with Crippen LogP contribution in [0.2, 0.25) is 5.02 Å². The van der Waals surface area contributed by atoms with E-state index >= 15 is 4.39 Å². The molecule has 0 spiro atoms. The average molecular weight is 427 g/mol. The minimum Gasteiger partial charge on any atom is -0.486 e. The van der Waals surface area contributed by atoms with Crippen molar-refractivity contribution in [2.45, 2.75) is 13.5 Å². The molecule has 3 aromatic carbocycles. The number of nitrogens with one attached hydrogen (secondary N) is 2. The van der Waals surface area contributed by atoms with Gasteiger partial charge in [0.2, 0.25) is 0 Å². The molecule has 0 radical (unpaired) electrons. The molecule has 1 aliphatic rings. The van der Waals surface area contributed by atoms with Gasteiger partial charge in [-0.2, -0.15) is 0 Å². The Morgan fingerprint density at radius 3 is 2.47 bits per heavy atom. The van der Waals surface area contributed by atoms with E-state index in [4.69, 9.17) is 16.3 Å². The topological polar surface area (TPSA) is 56.8 Å². The van der Waals surface area contributed by atoms with E-state index in [0.717, 1.165) is 11.1 Å². The summed E-state index contributed by atoms with van der Waals surface area (Å²) in [7, 11) is 1.61. The summed E-state index contributed by atoms with van der Waals surface area (Å²) in [6.07, 6.45) is 0. The van der Waals surface area contributed by atoms with Gasteiger partial charge in [0.15, 0.2) is 11.6 Å². The van der Waals surface area contributed by atoms with Crippen LogP contribution in [0.4, 0.5) is 14.9 Å². The van der Waals surface area contributed by atoms with Crippen LogP contribution in [0.5, 0.6) is 5.75 Å². The van der Waals surface area contributed by atoms with Gasteiger partial charge in [0, 0.05) is 23.2 Å². The fourth-order valence-electron chi connectivity index (χ4n) is 3.24. The number of nitrogens with zero attached hydrogens (tertiary/aromatic N) is 2. The predicted octanol–water partition coefficient (Wildman–Crippen LogP) is 4.83. The molecule has 1 saturated heterocycles. The van der Waals surface area contributed by atoms with Crippen LogP contribution in [0, 0.1) is 12.7 Å². The van der Waals surface area contributed by atoms with Crippen molar-refractivity contribution in [3.05, 3.63) is 82.6 Å². The predicted molar refractivity (Wildman–Crippen MR) is 114 cm³/mol. The Morgan fingerprint density at radius 1 is 1.03 bits per heavy atom. The van der Waals surface area contributed by atoms with Gasteiger partial charge in [-0.3, -0.25) is 0 Å². The Morgan fingerprint density at radius 2 is 1.77 bits per heavy atom. The van der Waals surface area contributed by atoms with E-state index in [1.54, 1.807) is 55.6 Å². The molecule has 2 amide bonds. The van der Waals surface area contributed by atoms with Crippen molar-refractivity contribution in [1.29, 1.82) is 0 Å². The molecule has 0 bridgehead atoms. The first-order chi connectivity index (χ1) is 14.5. The molecule has 3 aromatic rings. The van der Waals surface area contributed by atoms with E-state index in [2.05, 4.69) is 11.1 Å². The van der Waals surface area contributed by atoms with Crippen molar-refractivity contribution in [2.24, 2.45) is 0 Å². The Bertz CT molecular complexity index is 1090. The van der Waals surface area contributed by atoms with Crippen molar-refractivity contribution < 1.29 is 13.9 Å². The first kappa shape index (κ1) is 20.2. The number of hydrazine groups is 3. The first-order valence-corrected chi connectivity index (χ1v) is 9.68. The highest BCUT2D eigenvalue weighted by atomic mass is 35.5. The second-order valence-electron chi connectivity index (χ2n) is 6.89. The van der Waals surface area contributed by atoms with Crippen LogP contribution in [0.25, 0.3) is 11.1 Å². The lowest BCUT2D eigenvalue weighted by atomic mass is 10.0. The maximum atomic E-state index is 15.1. The normalized spacial score (nSPS) is 13.8. The summed E-state index contributed by atoms with van der Waals surface area (Å²) < 4.78 is 21.0. The van der Waals surface area contributed by atoms with Gasteiger partial charge < -0.3 is 4.74 Å². The van der Waals surface area contributed by atoms with Crippen LogP contribution >= 0.6 is 11.6 Å². The summed E-state index contributed by atoms with van der Waals surface area (Å²) in [5.74, 6) is -0.320. The van der Waals surface area contributed by atoms with E-state index in [1.165, 1.54) is 10.0 Å². The van der Waals surface area contributed by atoms with Crippen LogP contribution in [-0.4, -0.2) is 18.1 Å². The molecule has 8 heteroatoms. The number of amides is 2. The highest BCUT2D eigenvalue weighted by Gasteiger charge is 2.28. The third-order valence-electron chi connectivity index (χ3n) is 4.92. The smallest absolute Gasteiger partial charge is 0.355 e. The summed E-state index contributed by atoms with van der Waals surface area (Å²) in [5, 5.41) is 3.29. The van der Waals surface area contributed by atoms with Crippen molar-refractivity contribution in [3.8, 4) is 16.9 Å². The van der Waals surface area contributed by atoms with Crippen LogP contribution in [0.3, 0.4) is 0 Å². The number of halogens is 2. The first-order valence-electron chi connectivity index (χ1n) is 9.30. The number of rotatable bonds is 5. The van der Waals surface area contributed by atoms with E-state index in [1.807, 2.05) is 19.1 Å². The fourth-order valence-corrected chi connectivity index (χ4v) is 3.37. The second kappa shape index (κ2) is 8.31. The molecule has 1 fully saturated rings. The lowest BCUT2D eigenvalue weighted by Crippen LogP contribution is -2.38. The molecule has 4 rings (SSSR count). The Hall–Kier alpha value is -3.13. The Labute approximate surface area is 178 Å². The number of benzene rings is 3. The van der Waals surface area contributed by atoms with Crippen LogP contribution in [0.15, 0.2) is 60.7 Å². The molecule has 6 nitrogen and oxygen atoms in total. The minimum atomic E-state index is -0.452. The quantitative estimate of drug-likeness (QED) is 0.613. The minimum absolute atomic E-state index is 0.0954. The number of hydrogen-bond donors (Lipinski definition) is 2. The number of hydrogen-bond acceptors (Lipinski definition) is 4. The lowest BCUT2D eigenvalue weighted by Gasteiger charge is -2.20. The number of carbonyl (C=O) groups is 1.